The van der Waals surface area contributed by atoms with Gasteiger partial charge in [-0.25, -0.2) is 9.97 Å². The largest absolute Gasteiger partial charge is 0.379 e. The summed E-state index contributed by atoms with van der Waals surface area (Å²) in [7, 11) is 0. The topological polar surface area (TPSA) is 41.0 Å². The van der Waals surface area contributed by atoms with Crippen LogP contribution in [0.5, 0.6) is 0 Å². The molecule has 0 saturated heterocycles. The average Bonchev–Trinajstić information content (AvgIpc) is 2.49. The van der Waals surface area contributed by atoms with E-state index in [2.05, 4.69) is 58.3 Å². The molecule has 1 N–H and O–H groups in total. The van der Waals surface area contributed by atoms with E-state index in [4.69, 9.17) is 0 Å². The molecule has 0 bridgehead atoms. The normalized spacial score (nSPS) is 10.2. The maximum absolute atomic E-state index is 4.18. The molecule has 1 aromatic carbocycles. The first-order valence-electron chi connectivity index (χ1n) is 6.67. The van der Waals surface area contributed by atoms with Gasteiger partial charge in [-0.1, -0.05) is 0 Å². The van der Waals surface area contributed by atoms with Gasteiger partial charge >= 0.3 is 0 Å². The van der Waals surface area contributed by atoms with Gasteiger partial charge in [0, 0.05) is 30.7 Å². The van der Waals surface area contributed by atoms with Crippen LogP contribution in [0.4, 0.5) is 11.4 Å². The highest BCUT2D eigenvalue weighted by molar-refractivity contribution is 5.55. The van der Waals surface area contributed by atoms with E-state index in [0.29, 0.717) is 6.54 Å². The van der Waals surface area contributed by atoms with Crippen LogP contribution in [0.3, 0.4) is 0 Å². The molecule has 0 aliphatic rings. The van der Waals surface area contributed by atoms with Crippen LogP contribution in [0.2, 0.25) is 0 Å². The molecule has 1 aromatic heterocycles. The summed E-state index contributed by atoms with van der Waals surface area (Å²) in [5.74, 6) is 0. The van der Waals surface area contributed by atoms with Crippen molar-refractivity contribution in [3.63, 3.8) is 0 Å². The molecule has 1 heterocycles. The summed E-state index contributed by atoms with van der Waals surface area (Å²) < 4.78 is 0. The molecule has 2 aromatic rings. The molecule has 19 heavy (non-hydrogen) atoms. The van der Waals surface area contributed by atoms with E-state index in [-0.39, 0.29) is 0 Å². The second-order valence-corrected chi connectivity index (χ2v) is 4.27. The van der Waals surface area contributed by atoms with Crippen LogP contribution in [0.25, 0.3) is 0 Å². The van der Waals surface area contributed by atoms with Crippen LogP contribution in [0, 0.1) is 0 Å². The minimum absolute atomic E-state index is 0.715. The van der Waals surface area contributed by atoms with E-state index in [1.54, 1.807) is 12.5 Å². The summed E-state index contributed by atoms with van der Waals surface area (Å²) in [5.41, 5.74) is 3.36. The van der Waals surface area contributed by atoms with Crippen molar-refractivity contribution in [3.05, 3.63) is 48.5 Å². The lowest BCUT2D eigenvalue weighted by atomic mass is 10.2. The van der Waals surface area contributed by atoms with Crippen LogP contribution >= 0.6 is 0 Å². The molecule has 0 spiro atoms. The predicted molar refractivity (Wildman–Crippen MR) is 79.4 cm³/mol. The van der Waals surface area contributed by atoms with Crippen molar-refractivity contribution in [3.8, 4) is 0 Å². The molecule has 4 heteroatoms. The van der Waals surface area contributed by atoms with Gasteiger partial charge in [0.2, 0.25) is 0 Å². The SMILES string of the molecule is CCN(CC)c1ccc(NCc2ccncn2)cc1. The summed E-state index contributed by atoms with van der Waals surface area (Å²) in [4.78, 5) is 10.4. The fourth-order valence-electron chi connectivity index (χ4n) is 1.99. The first-order valence-corrected chi connectivity index (χ1v) is 6.67. The third-order valence-electron chi connectivity index (χ3n) is 3.11. The van der Waals surface area contributed by atoms with Crippen molar-refractivity contribution >= 4 is 11.4 Å². The van der Waals surface area contributed by atoms with Crippen LogP contribution in [0.1, 0.15) is 19.5 Å². The molecular formula is C15H20N4. The summed E-state index contributed by atoms with van der Waals surface area (Å²) in [6, 6.07) is 10.4. The molecule has 4 nitrogen and oxygen atoms in total. The third-order valence-corrected chi connectivity index (χ3v) is 3.11. The highest BCUT2D eigenvalue weighted by atomic mass is 15.1. The molecule has 0 amide bonds. The standard InChI is InChI=1S/C15H20N4/c1-3-19(4-2)15-7-5-13(6-8-15)17-11-14-9-10-16-12-18-14/h5-10,12,17H,3-4,11H2,1-2H3. The summed E-state index contributed by atoms with van der Waals surface area (Å²) >= 11 is 0. The van der Waals surface area contributed by atoms with E-state index in [9.17, 15) is 0 Å². The van der Waals surface area contributed by atoms with Crippen molar-refractivity contribution < 1.29 is 0 Å². The van der Waals surface area contributed by atoms with E-state index < -0.39 is 0 Å². The minimum atomic E-state index is 0.715. The highest BCUT2D eigenvalue weighted by Crippen LogP contribution is 2.17. The first kappa shape index (κ1) is 13.3. The van der Waals surface area contributed by atoms with Crippen LogP contribution in [0.15, 0.2) is 42.9 Å². The van der Waals surface area contributed by atoms with E-state index in [1.807, 2.05) is 6.07 Å². The zero-order valence-corrected chi connectivity index (χ0v) is 11.5. The summed E-state index contributed by atoms with van der Waals surface area (Å²) in [6.45, 7) is 7.12. The Labute approximate surface area is 114 Å². The fourth-order valence-corrected chi connectivity index (χ4v) is 1.99. The third kappa shape index (κ3) is 3.68. The zero-order valence-electron chi connectivity index (χ0n) is 11.5. The first-order chi connectivity index (χ1) is 9.33. The number of hydrogen-bond acceptors (Lipinski definition) is 4. The number of nitrogens with zero attached hydrogens (tertiary/aromatic N) is 3. The van der Waals surface area contributed by atoms with Gasteiger partial charge in [-0.3, -0.25) is 0 Å². The molecular weight excluding hydrogens is 236 g/mol. The fraction of sp³-hybridized carbons (Fsp3) is 0.333. The molecule has 0 fully saturated rings. The number of aromatic nitrogens is 2. The van der Waals surface area contributed by atoms with E-state index in [1.165, 1.54) is 5.69 Å². The van der Waals surface area contributed by atoms with Crippen molar-refractivity contribution in [1.82, 2.24) is 9.97 Å². The van der Waals surface area contributed by atoms with Crippen molar-refractivity contribution in [2.75, 3.05) is 23.3 Å². The van der Waals surface area contributed by atoms with Crippen molar-refractivity contribution in [1.29, 1.82) is 0 Å². The monoisotopic (exact) mass is 256 g/mol. The summed E-state index contributed by atoms with van der Waals surface area (Å²) in [6.07, 6.45) is 3.33. The van der Waals surface area contributed by atoms with Gasteiger partial charge in [0.05, 0.1) is 12.2 Å². The van der Waals surface area contributed by atoms with Gasteiger partial charge in [0.1, 0.15) is 6.33 Å². The number of nitrogens with one attached hydrogen (secondary N) is 1. The Hall–Kier alpha value is -2.10. The zero-order chi connectivity index (χ0) is 13.5. The van der Waals surface area contributed by atoms with Gasteiger partial charge in [0.15, 0.2) is 0 Å². The maximum atomic E-state index is 4.18. The smallest absolute Gasteiger partial charge is 0.115 e. The number of benzene rings is 1. The highest BCUT2D eigenvalue weighted by Gasteiger charge is 2.01. The molecule has 0 atom stereocenters. The Morgan fingerprint density at radius 1 is 1.05 bits per heavy atom. The Bertz CT molecular complexity index is 477. The average molecular weight is 256 g/mol. The van der Waals surface area contributed by atoms with Crippen LogP contribution < -0.4 is 10.2 Å². The number of rotatable bonds is 6. The maximum Gasteiger partial charge on any atom is 0.115 e. The molecule has 0 saturated carbocycles. The number of anilines is 2. The second kappa shape index (κ2) is 6.73. The second-order valence-electron chi connectivity index (χ2n) is 4.27. The molecule has 0 aliphatic carbocycles. The Balaban J connectivity index is 1.95. The lowest BCUT2D eigenvalue weighted by Crippen LogP contribution is -2.21. The molecule has 100 valence electrons. The van der Waals surface area contributed by atoms with Gasteiger partial charge in [-0.15, -0.1) is 0 Å². The Morgan fingerprint density at radius 3 is 2.37 bits per heavy atom. The molecule has 0 radical (unpaired) electrons. The number of hydrogen-bond donors (Lipinski definition) is 1. The predicted octanol–water partition coefficient (Wildman–Crippen LogP) is 2.93. The lowest BCUT2D eigenvalue weighted by molar-refractivity contribution is 0.866. The minimum Gasteiger partial charge on any atom is -0.379 e. The van der Waals surface area contributed by atoms with Crippen molar-refractivity contribution in [2.24, 2.45) is 0 Å². The van der Waals surface area contributed by atoms with Gasteiger partial charge in [-0.2, -0.15) is 0 Å². The van der Waals surface area contributed by atoms with Gasteiger partial charge in [0.25, 0.3) is 0 Å². The molecule has 0 aliphatic heterocycles. The quantitative estimate of drug-likeness (QED) is 0.862. The van der Waals surface area contributed by atoms with E-state index in [0.717, 1.165) is 24.5 Å². The van der Waals surface area contributed by atoms with Crippen LogP contribution in [-0.2, 0) is 6.54 Å². The molecule has 0 unspecified atom stereocenters. The Morgan fingerprint density at radius 2 is 1.79 bits per heavy atom. The van der Waals surface area contributed by atoms with Gasteiger partial charge in [-0.05, 0) is 44.2 Å². The summed E-state index contributed by atoms with van der Waals surface area (Å²) in [5, 5.41) is 3.35. The molecule has 2 rings (SSSR count). The van der Waals surface area contributed by atoms with E-state index >= 15 is 0 Å². The lowest BCUT2D eigenvalue weighted by Gasteiger charge is -2.21. The Kier molecular flexibility index (Phi) is 4.72. The van der Waals surface area contributed by atoms with Gasteiger partial charge < -0.3 is 10.2 Å². The van der Waals surface area contributed by atoms with Crippen LogP contribution in [-0.4, -0.2) is 23.1 Å². The van der Waals surface area contributed by atoms with Crippen molar-refractivity contribution in [2.45, 2.75) is 20.4 Å².